The lowest BCUT2D eigenvalue weighted by Crippen LogP contribution is -2.10. The van der Waals surface area contributed by atoms with Crippen molar-refractivity contribution in [2.75, 3.05) is 5.75 Å². The number of carbonyl (C=O) groups is 1. The van der Waals surface area contributed by atoms with E-state index >= 15 is 0 Å². The highest BCUT2D eigenvalue weighted by molar-refractivity contribution is 7.99. The Morgan fingerprint density at radius 1 is 1.30 bits per heavy atom. The summed E-state index contributed by atoms with van der Waals surface area (Å²) in [6, 6.07) is 0. The van der Waals surface area contributed by atoms with Gasteiger partial charge >= 0.3 is 5.97 Å². The number of thioether (sulfide) groups is 1. The Bertz CT molecular complexity index is 421. The Kier molecular flexibility index (Phi) is 7.65. The summed E-state index contributed by atoms with van der Waals surface area (Å²) in [7, 11) is 0. The highest BCUT2D eigenvalue weighted by Crippen LogP contribution is 2.27. The second-order valence-corrected chi connectivity index (χ2v) is 5.86. The molecule has 0 radical (unpaired) electrons. The minimum Gasteiger partial charge on any atom is -0.481 e. The van der Waals surface area contributed by atoms with Gasteiger partial charge in [0.05, 0.1) is 5.75 Å². The SMILES string of the molecule is CCCCC(CC)c1nnc(SCC(=O)O)n1CCC. The average molecular weight is 299 g/mol. The largest absolute Gasteiger partial charge is 0.481 e. The number of hydrogen-bond donors (Lipinski definition) is 1. The van der Waals surface area contributed by atoms with Crippen molar-refractivity contribution >= 4 is 17.7 Å². The molecule has 1 N–H and O–H groups in total. The minimum absolute atomic E-state index is 0.0353. The van der Waals surface area contributed by atoms with Crippen molar-refractivity contribution < 1.29 is 9.90 Å². The van der Waals surface area contributed by atoms with Gasteiger partial charge in [-0.1, -0.05) is 45.4 Å². The first-order valence-electron chi connectivity index (χ1n) is 7.41. The topological polar surface area (TPSA) is 68.0 Å². The van der Waals surface area contributed by atoms with Crippen molar-refractivity contribution in [2.45, 2.75) is 70.5 Å². The lowest BCUT2D eigenvalue weighted by atomic mass is 9.98. The average Bonchev–Trinajstić information content (AvgIpc) is 2.81. The van der Waals surface area contributed by atoms with Crippen molar-refractivity contribution in [3.63, 3.8) is 0 Å². The molecular weight excluding hydrogens is 274 g/mol. The summed E-state index contributed by atoms with van der Waals surface area (Å²) >= 11 is 1.26. The van der Waals surface area contributed by atoms with E-state index < -0.39 is 5.97 Å². The summed E-state index contributed by atoms with van der Waals surface area (Å²) in [6.45, 7) is 7.34. The van der Waals surface area contributed by atoms with E-state index in [9.17, 15) is 4.79 Å². The third-order valence-corrected chi connectivity index (χ3v) is 4.23. The first kappa shape index (κ1) is 17.0. The molecule has 20 heavy (non-hydrogen) atoms. The Balaban J connectivity index is 2.90. The second-order valence-electron chi connectivity index (χ2n) is 4.92. The Labute approximate surface area is 125 Å². The second kappa shape index (κ2) is 9.00. The fourth-order valence-electron chi connectivity index (χ4n) is 2.24. The van der Waals surface area contributed by atoms with Crippen molar-refractivity contribution in [2.24, 2.45) is 0 Å². The molecule has 1 aromatic heterocycles. The number of aliphatic carboxylic acids is 1. The van der Waals surface area contributed by atoms with Gasteiger partial charge in [0.1, 0.15) is 5.82 Å². The van der Waals surface area contributed by atoms with Gasteiger partial charge in [-0.3, -0.25) is 4.79 Å². The van der Waals surface area contributed by atoms with Crippen LogP contribution in [-0.4, -0.2) is 31.6 Å². The van der Waals surface area contributed by atoms with Crippen LogP contribution in [0.3, 0.4) is 0 Å². The van der Waals surface area contributed by atoms with Gasteiger partial charge in [0.15, 0.2) is 5.16 Å². The van der Waals surface area contributed by atoms with Gasteiger partial charge < -0.3 is 9.67 Å². The van der Waals surface area contributed by atoms with Gasteiger partial charge in [-0.15, -0.1) is 10.2 Å². The van der Waals surface area contributed by atoms with Crippen molar-refractivity contribution in [1.29, 1.82) is 0 Å². The lowest BCUT2D eigenvalue weighted by Gasteiger charge is -2.16. The molecule has 0 aliphatic rings. The van der Waals surface area contributed by atoms with E-state index in [2.05, 4.69) is 35.5 Å². The van der Waals surface area contributed by atoms with E-state index in [1.54, 1.807) is 0 Å². The normalized spacial score (nSPS) is 12.6. The van der Waals surface area contributed by atoms with Crippen LogP contribution in [-0.2, 0) is 11.3 Å². The molecule has 1 aromatic rings. The molecule has 0 aliphatic carbocycles. The van der Waals surface area contributed by atoms with E-state index in [4.69, 9.17) is 5.11 Å². The van der Waals surface area contributed by atoms with Crippen molar-refractivity contribution in [3.05, 3.63) is 5.82 Å². The molecule has 1 rings (SSSR count). The predicted molar refractivity (Wildman–Crippen MR) is 81.2 cm³/mol. The number of hydrogen-bond acceptors (Lipinski definition) is 4. The van der Waals surface area contributed by atoms with Crippen LogP contribution in [0.15, 0.2) is 5.16 Å². The first-order chi connectivity index (χ1) is 9.63. The summed E-state index contributed by atoms with van der Waals surface area (Å²) < 4.78 is 2.11. The van der Waals surface area contributed by atoms with E-state index in [0.717, 1.165) is 36.8 Å². The third kappa shape index (κ3) is 4.81. The Hall–Kier alpha value is -1.04. The van der Waals surface area contributed by atoms with Gasteiger partial charge in [-0.2, -0.15) is 0 Å². The first-order valence-corrected chi connectivity index (χ1v) is 8.40. The summed E-state index contributed by atoms with van der Waals surface area (Å²) in [6.07, 6.45) is 5.54. The molecule has 5 nitrogen and oxygen atoms in total. The molecule has 1 heterocycles. The summed E-state index contributed by atoms with van der Waals surface area (Å²) in [4.78, 5) is 10.7. The maximum absolute atomic E-state index is 10.7. The standard InChI is InChI=1S/C14H25N3O2S/c1-4-7-8-11(6-3)13-15-16-14(17(13)9-5-2)20-10-12(18)19/h11H,4-10H2,1-3H3,(H,18,19). The third-order valence-electron chi connectivity index (χ3n) is 3.28. The molecule has 0 amide bonds. The summed E-state index contributed by atoms with van der Waals surface area (Å²) in [5, 5.41) is 18.1. The number of carboxylic acids is 1. The zero-order chi connectivity index (χ0) is 15.0. The van der Waals surface area contributed by atoms with Gasteiger partial charge in [0, 0.05) is 12.5 Å². The van der Waals surface area contributed by atoms with Crippen LogP contribution in [0.2, 0.25) is 0 Å². The van der Waals surface area contributed by atoms with Crippen LogP contribution in [0.1, 0.15) is 64.6 Å². The van der Waals surface area contributed by atoms with Crippen LogP contribution in [0.5, 0.6) is 0 Å². The fraction of sp³-hybridized carbons (Fsp3) is 0.786. The van der Waals surface area contributed by atoms with Crippen LogP contribution in [0, 0.1) is 0 Å². The van der Waals surface area contributed by atoms with Crippen LogP contribution < -0.4 is 0 Å². The monoisotopic (exact) mass is 299 g/mol. The van der Waals surface area contributed by atoms with Crippen LogP contribution in [0.4, 0.5) is 0 Å². The van der Waals surface area contributed by atoms with Crippen LogP contribution >= 0.6 is 11.8 Å². The molecule has 0 aliphatic heterocycles. The van der Waals surface area contributed by atoms with Gasteiger partial charge in [-0.25, -0.2) is 0 Å². The molecule has 0 saturated heterocycles. The van der Waals surface area contributed by atoms with Crippen molar-refractivity contribution in [3.8, 4) is 0 Å². The number of rotatable bonds is 10. The van der Waals surface area contributed by atoms with E-state index in [1.807, 2.05) is 0 Å². The summed E-state index contributed by atoms with van der Waals surface area (Å²) in [5.41, 5.74) is 0. The minimum atomic E-state index is -0.819. The molecule has 1 atom stereocenters. The quantitative estimate of drug-likeness (QED) is 0.669. The van der Waals surface area contributed by atoms with E-state index in [0.29, 0.717) is 5.92 Å². The molecule has 0 aromatic carbocycles. The van der Waals surface area contributed by atoms with Gasteiger partial charge in [0.2, 0.25) is 0 Å². The fourth-order valence-corrected chi connectivity index (χ4v) is 2.93. The number of aromatic nitrogens is 3. The number of unbranched alkanes of at least 4 members (excludes halogenated alkanes) is 1. The van der Waals surface area contributed by atoms with Crippen LogP contribution in [0.25, 0.3) is 0 Å². The highest BCUT2D eigenvalue weighted by Gasteiger charge is 2.20. The molecular formula is C14H25N3O2S. The molecule has 6 heteroatoms. The predicted octanol–water partition coefficient (Wildman–Crippen LogP) is 3.55. The zero-order valence-corrected chi connectivity index (χ0v) is 13.4. The highest BCUT2D eigenvalue weighted by atomic mass is 32.2. The van der Waals surface area contributed by atoms with Gasteiger partial charge in [-0.05, 0) is 19.3 Å². The Morgan fingerprint density at radius 2 is 2.05 bits per heavy atom. The number of nitrogens with zero attached hydrogens (tertiary/aromatic N) is 3. The van der Waals surface area contributed by atoms with Gasteiger partial charge in [0.25, 0.3) is 0 Å². The maximum Gasteiger partial charge on any atom is 0.313 e. The van der Waals surface area contributed by atoms with Crippen molar-refractivity contribution in [1.82, 2.24) is 14.8 Å². The summed E-state index contributed by atoms with van der Waals surface area (Å²) in [5.74, 6) is 0.664. The molecule has 114 valence electrons. The molecule has 0 bridgehead atoms. The van der Waals surface area contributed by atoms with E-state index in [1.165, 1.54) is 24.6 Å². The number of carboxylic acid groups (broad SMARTS) is 1. The molecule has 0 spiro atoms. The zero-order valence-electron chi connectivity index (χ0n) is 12.6. The lowest BCUT2D eigenvalue weighted by molar-refractivity contribution is -0.133. The molecule has 0 saturated carbocycles. The maximum atomic E-state index is 10.7. The Morgan fingerprint density at radius 3 is 2.60 bits per heavy atom. The molecule has 1 unspecified atom stereocenters. The molecule has 0 fully saturated rings. The smallest absolute Gasteiger partial charge is 0.313 e. The van der Waals surface area contributed by atoms with E-state index in [-0.39, 0.29) is 5.75 Å².